The van der Waals surface area contributed by atoms with Crippen LogP contribution in [0.4, 0.5) is 11.5 Å². The number of carbonyl (C=O) groups is 1. The van der Waals surface area contributed by atoms with Crippen LogP contribution in [0.2, 0.25) is 0 Å². The van der Waals surface area contributed by atoms with Crippen LogP contribution in [0, 0.1) is 10.1 Å². The lowest BCUT2D eigenvalue weighted by Crippen LogP contribution is -2.19. The van der Waals surface area contributed by atoms with Gasteiger partial charge in [0.15, 0.2) is 0 Å². The fraction of sp³-hybridized carbons (Fsp3) is 0.389. The van der Waals surface area contributed by atoms with Crippen LogP contribution in [0.1, 0.15) is 49.5 Å². The lowest BCUT2D eigenvalue weighted by Gasteiger charge is -2.19. The first-order valence-corrected chi connectivity index (χ1v) is 8.57. The highest BCUT2D eigenvalue weighted by Crippen LogP contribution is 2.39. The van der Waals surface area contributed by atoms with Crippen molar-refractivity contribution in [1.29, 1.82) is 0 Å². The van der Waals surface area contributed by atoms with Crippen LogP contribution in [0.15, 0.2) is 36.5 Å². The van der Waals surface area contributed by atoms with Gasteiger partial charge in [-0.05, 0) is 25.3 Å². The third-order valence-corrected chi connectivity index (χ3v) is 4.12. The molecule has 0 bridgehead atoms. The van der Waals surface area contributed by atoms with Gasteiger partial charge in [-0.15, -0.1) is 0 Å². The van der Waals surface area contributed by atoms with Crippen molar-refractivity contribution >= 4 is 17.5 Å². The lowest BCUT2D eigenvalue weighted by molar-refractivity contribution is -0.384. The van der Waals surface area contributed by atoms with Gasteiger partial charge in [-0.1, -0.05) is 30.3 Å². The molecule has 1 saturated carbocycles. The van der Waals surface area contributed by atoms with Crippen molar-refractivity contribution in [3.63, 3.8) is 0 Å². The molecule has 2 aromatic rings. The van der Waals surface area contributed by atoms with Crippen LogP contribution in [0.5, 0.6) is 0 Å². The zero-order chi connectivity index (χ0) is 18.5. The molecular weight excluding hydrogens is 336 g/mol. The monoisotopic (exact) mass is 356 g/mol. The molecule has 1 aromatic carbocycles. The minimum Gasteiger partial charge on any atom is -0.466 e. The van der Waals surface area contributed by atoms with Crippen LogP contribution >= 0.6 is 0 Å². The summed E-state index contributed by atoms with van der Waals surface area (Å²) in [7, 11) is 0. The standard InChI is InChI=1S/C18H20N4O4/c1-2-26-16(23)10-14(12-6-4-3-5-7-12)20-18-15(22(24)25)11-19-17(21-18)13-8-9-13/h3-7,11,13-14H,2,8-10H2,1H3,(H,19,20,21). The first-order chi connectivity index (χ1) is 12.6. The zero-order valence-electron chi connectivity index (χ0n) is 14.4. The molecule has 3 rings (SSSR count). The lowest BCUT2D eigenvalue weighted by atomic mass is 10.0. The molecule has 1 atom stereocenters. The molecule has 1 aliphatic carbocycles. The normalized spacial score (nSPS) is 14.5. The van der Waals surface area contributed by atoms with Crippen LogP contribution in [-0.4, -0.2) is 27.5 Å². The molecular formula is C18H20N4O4. The predicted octanol–water partition coefficient (Wildman–Crippen LogP) is 3.37. The zero-order valence-corrected chi connectivity index (χ0v) is 14.4. The van der Waals surface area contributed by atoms with Crippen molar-refractivity contribution in [2.45, 2.75) is 38.1 Å². The van der Waals surface area contributed by atoms with Crippen LogP contribution < -0.4 is 5.32 Å². The van der Waals surface area contributed by atoms with E-state index in [2.05, 4.69) is 15.3 Å². The third kappa shape index (κ3) is 4.33. The maximum atomic E-state index is 12.0. The van der Waals surface area contributed by atoms with E-state index < -0.39 is 11.0 Å². The molecule has 26 heavy (non-hydrogen) atoms. The number of aromatic nitrogens is 2. The molecule has 1 N–H and O–H groups in total. The average molecular weight is 356 g/mol. The Morgan fingerprint density at radius 3 is 2.73 bits per heavy atom. The number of nitrogens with one attached hydrogen (secondary N) is 1. The highest BCUT2D eigenvalue weighted by Gasteiger charge is 2.30. The van der Waals surface area contributed by atoms with Gasteiger partial charge in [-0.25, -0.2) is 9.97 Å². The quantitative estimate of drug-likeness (QED) is 0.439. The van der Waals surface area contributed by atoms with Crippen molar-refractivity contribution in [3.05, 3.63) is 58.0 Å². The number of hydrogen-bond donors (Lipinski definition) is 1. The maximum Gasteiger partial charge on any atom is 0.329 e. The van der Waals surface area contributed by atoms with E-state index in [0.717, 1.165) is 18.4 Å². The summed E-state index contributed by atoms with van der Waals surface area (Å²) in [5.41, 5.74) is 0.612. The van der Waals surface area contributed by atoms with Gasteiger partial charge in [0, 0.05) is 5.92 Å². The average Bonchev–Trinajstić information content (AvgIpc) is 3.47. The van der Waals surface area contributed by atoms with Crippen molar-refractivity contribution in [1.82, 2.24) is 9.97 Å². The summed E-state index contributed by atoms with van der Waals surface area (Å²) in [6.07, 6.45) is 3.25. The molecule has 0 radical (unpaired) electrons. The van der Waals surface area contributed by atoms with E-state index in [-0.39, 0.29) is 36.4 Å². The Labute approximate surface area is 150 Å². The molecule has 1 heterocycles. The number of carbonyl (C=O) groups excluding carboxylic acids is 1. The van der Waals surface area contributed by atoms with Crippen molar-refractivity contribution in [2.75, 3.05) is 11.9 Å². The Morgan fingerprint density at radius 2 is 2.12 bits per heavy atom. The van der Waals surface area contributed by atoms with Gasteiger partial charge in [0.2, 0.25) is 5.82 Å². The van der Waals surface area contributed by atoms with Gasteiger partial charge in [-0.2, -0.15) is 0 Å². The first-order valence-electron chi connectivity index (χ1n) is 8.57. The molecule has 1 fully saturated rings. The van der Waals surface area contributed by atoms with E-state index in [1.165, 1.54) is 6.20 Å². The molecule has 8 heteroatoms. The predicted molar refractivity (Wildman–Crippen MR) is 94.7 cm³/mol. The van der Waals surface area contributed by atoms with Gasteiger partial charge < -0.3 is 10.1 Å². The Balaban J connectivity index is 1.91. The first kappa shape index (κ1) is 17.8. The van der Waals surface area contributed by atoms with Crippen molar-refractivity contribution in [2.24, 2.45) is 0 Å². The van der Waals surface area contributed by atoms with Crippen LogP contribution in [0.3, 0.4) is 0 Å². The van der Waals surface area contributed by atoms with E-state index in [1.807, 2.05) is 30.3 Å². The molecule has 0 aliphatic heterocycles. The number of ether oxygens (including phenoxy) is 1. The number of esters is 1. The third-order valence-electron chi connectivity index (χ3n) is 4.12. The van der Waals surface area contributed by atoms with Crippen molar-refractivity contribution in [3.8, 4) is 0 Å². The van der Waals surface area contributed by atoms with Gasteiger partial charge in [0.05, 0.1) is 24.0 Å². The number of benzene rings is 1. The van der Waals surface area contributed by atoms with Gasteiger partial charge in [-0.3, -0.25) is 14.9 Å². The fourth-order valence-electron chi connectivity index (χ4n) is 2.66. The highest BCUT2D eigenvalue weighted by atomic mass is 16.6. The van der Waals surface area contributed by atoms with E-state index in [4.69, 9.17) is 4.74 Å². The summed E-state index contributed by atoms with van der Waals surface area (Å²) in [6.45, 7) is 2.01. The van der Waals surface area contributed by atoms with Crippen LogP contribution in [-0.2, 0) is 9.53 Å². The minimum atomic E-state index is -0.522. The minimum absolute atomic E-state index is 0.0395. The fourth-order valence-corrected chi connectivity index (χ4v) is 2.66. The van der Waals surface area contributed by atoms with Gasteiger partial charge in [0.25, 0.3) is 0 Å². The summed E-state index contributed by atoms with van der Waals surface area (Å²) < 4.78 is 5.04. The van der Waals surface area contributed by atoms with Crippen LogP contribution in [0.25, 0.3) is 0 Å². The molecule has 136 valence electrons. The summed E-state index contributed by atoms with van der Waals surface area (Å²) in [6, 6.07) is 8.77. The summed E-state index contributed by atoms with van der Waals surface area (Å²) in [5, 5.41) is 14.4. The Bertz CT molecular complexity index is 793. The summed E-state index contributed by atoms with van der Waals surface area (Å²) >= 11 is 0. The summed E-state index contributed by atoms with van der Waals surface area (Å²) in [4.78, 5) is 31.3. The number of nitrogens with zero attached hydrogens (tertiary/aromatic N) is 3. The molecule has 1 aliphatic rings. The van der Waals surface area contributed by atoms with E-state index >= 15 is 0 Å². The van der Waals surface area contributed by atoms with Gasteiger partial charge >= 0.3 is 11.7 Å². The highest BCUT2D eigenvalue weighted by molar-refractivity contribution is 5.71. The summed E-state index contributed by atoms with van der Waals surface area (Å²) in [5.74, 6) is 0.607. The Hall–Kier alpha value is -3.03. The Kier molecular flexibility index (Phi) is 5.40. The van der Waals surface area contributed by atoms with E-state index in [0.29, 0.717) is 5.82 Å². The topological polar surface area (TPSA) is 107 Å². The van der Waals surface area contributed by atoms with Gasteiger partial charge in [0.1, 0.15) is 12.0 Å². The molecule has 0 spiro atoms. The second-order valence-corrected chi connectivity index (χ2v) is 6.11. The molecule has 1 aromatic heterocycles. The molecule has 0 saturated heterocycles. The molecule has 8 nitrogen and oxygen atoms in total. The van der Waals surface area contributed by atoms with E-state index in [9.17, 15) is 14.9 Å². The van der Waals surface area contributed by atoms with Crippen molar-refractivity contribution < 1.29 is 14.5 Å². The Morgan fingerprint density at radius 1 is 1.38 bits per heavy atom. The largest absolute Gasteiger partial charge is 0.466 e. The molecule has 0 amide bonds. The SMILES string of the molecule is CCOC(=O)CC(Nc1nc(C2CC2)ncc1[N+](=O)[O-])c1ccccc1. The maximum absolute atomic E-state index is 12.0. The van der Waals surface area contributed by atoms with E-state index in [1.54, 1.807) is 6.92 Å². The second kappa shape index (κ2) is 7.90. The number of hydrogen-bond acceptors (Lipinski definition) is 7. The number of nitro groups is 1. The molecule has 1 unspecified atom stereocenters. The smallest absolute Gasteiger partial charge is 0.329 e. The number of rotatable bonds is 8. The second-order valence-electron chi connectivity index (χ2n) is 6.11. The number of anilines is 1.